The van der Waals surface area contributed by atoms with E-state index in [-0.39, 0.29) is 5.78 Å². The van der Waals surface area contributed by atoms with E-state index in [0.29, 0.717) is 16.7 Å². The number of fused-ring (bicyclic) bond motifs is 1. The highest BCUT2D eigenvalue weighted by Crippen LogP contribution is 2.61. The van der Waals surface area contributed by atoms with E-state index in [1.54, 1.807) is 13.0 Å². The van der Waals surface area contributed by atoms with E-state index in [1.807, 2.05) is 0 Å². The maximum atomic E-state index is 11.3. The van der Waals surface area contributed by atoms with Gasteiger partial charge in [0.2, 0.25) is 0 Å². The first-order chi connectivity index (χ1) is 8.77. The molecule has 0 aromatic rings. The number of hydrogen-bond acceptors (Lipinski definition) is 1. The van der Waals surface area contributed by atoms with Crippen LogP contribution in [0.3, 0.4) is 0 Å². The summed E-state index contributed by atoms with van der Waals surface area (Å²) in [5, 5.41) is 0. The molecule has 0 bridgehead atoms. The lowest BCUT2D eigenvalue weighted by Crippen LogP contribution is -2.48. The molecular formula is C18H28O. The molecule has 0 unspecified atom stereocenters. The average Bonchev–Trinajstić information content (AvgIpc) is 2.26. The SMILES string of the molecule is C=C1CC[C@H]2C(C)(C)CCC[C@]2(C)[C@H]1C=CC(C)=O. The van der Waals surface area contributed by atoms with Crippen molar-refractivity contribution in [3.63, 3.8) is 0 Å². The highest BCUT2D eigenvalue weighted by Gasteiger charge is 2.52. The molecule has 2 saturated carbocycles. The van der Waals surface area contributed by atoms with Gasteiger partial charge in [-0.25, -0.2) is 0 Å². The number of hydrogen-bond donors (Lipinski definition) is 0. The predicted molar refractivity (Wildman–Crippen MR) is 80.9 cm³/mol. The van der Waals surface area contributed by atoms with Crippen LogP contribution in [-0.4, -0.2) is 5.78 Å². The van der Waals surface area contributed by atoms with Crippen molar-refractivity contribution in [1.29, 1.82) is 0 Å². The van der Waals surface area contributed by atoms with Crippen molar-refractivity contribution in [2.45, 2.75) is 59.8 Å². The summed E-state index contributed by atoms with van der Waals surface area (Å²) >= 11 is 0. The van der Waals surface area contributed by atoms with Gasteiger partial charge in [-0.15, -0.1) is 0 Å². The summed E-state index contributed by atoms with van der Waals surface area (Å²) in [6.45, 7) is 13.2. The van der Waals surface area contributed by atoms with Crippen molar-refractivity contribution in [2.75, 3.05) is 0 Å². The summed E-state index contributed by atoms with van der Waals surface area (Å²) in [6.07, 6.45) is 10.2. The van der Waals surface area contributed by atoms with E-state index in [1.165, 1.54) is 31.3 Å². The van der Waals surface area contributed by atoms with Crippen LogP contribution in [0.4, 0.5) is 0 Å². The molecule has 0 aromatic heterocycles. The Kier molecular flexibility index (Phi) is 3.77. The Morgan fingerprint density at radius 3 is 2.63 bits per heavy atom. The molecule has 0 amide bonds. The van der Waals surface area contributed by atoms with E-state index in [2.05, 4.69) is 33.4 Å². The summed E-state index contributed by atoms with van der Waals surface area (Å²) in [7, 11) is 0. The quantitative estimate of drug-likeness (QED) is 0.508. The predicted octanol–water partition coefficient (Wildman–Crippen LogP) is 4.93. The summed E-state index contributed by atoms with van der Waals surface area (Å²) in [5.41, 5.74) is 2.05. The monoisotopic (exact) mass is 260 g/mol. The smallest absolute Gasteiger partial charge is 0.152 e. The van der Waals surface area contributed by atoms with Crippen LogP contribution in [0, 0.1) is 22.7 Å². The molecule has 0 heterocycles. The van der Waals surface area contributed by atoms with Gasteiger partial charge in [0.15, 0.2) is 5.78 Å². The second-order valence-corrected chi connectivity index (χ2v) is 7.54. The molecule has 0 aromatic carbocycles. The normalized spacial score (nSPS) is 38.2. The molecule has 0 aliphatic heterocycles. The summed E-state index contributed by atoms with van der Waals surface area (Å²) in [4.78, 5) is 11.3. The Bertz CT molecular complexity index is 415. The second-order valence-electron chi connectivity index (χ2n) is 7.54. The first-order valence-corrected chi connectivity index (χ1v) is 7.64. The Balaban J connectivity index is 2.35. The minimum Gasteiger partial charge on any atom is -0.295 e. The van der Waals surface area contributed by atoms with Crippen molar-refractivity contribution in [2.24, 2.45) is 22.7 Å². The summed E-state index contributed by atoms with van der Waals surface area (Å²) in [6, 6.07) is 0. The first-order valence-electron chi connectivity index (χ1n) is 7.64. The van der Waals surface area contributed by atoms with E-state index in [4.69, 9.17) is 0 Å². The van der Waals surface area contributed by atoms with Gasteiger partial charge in [0.1, 0.15) is 0 Å². The maximum Gasteiger partial charge on any atom is 0.152 e. The molecule has 1 heteroatoms. The molecule has 2 fully saturated rings. The maximum absolute atomic E-state index is 11.3. The van der Waals surface area contributed by atoms with Gasteiger partial charge in [-0.3, -0.25) is 4.79 Å². The van der Waals surface area contributed by atoms with Gasteiger partial charge >= 0.3 is 0 Å². The van der Waals surface area contributed by atoms with Crippen LogP contribution in [-0.2, 0) is 4.79 Å². The molecule has 1 nitrogen and oxygen atoms in total. The average molecular weight is 260 g/mol. The van der Waals surface area contributed by atoms with Gasteiger partial charge < -0.3 is 0 Å². The molecule has 2 aliphatic carbocycles. The Hall–Kier alpha value is -0.850. The Labute approximate surface area is 118 Å². The minimum absolute atomic E-state index is 0.147. The molecule has 2 aliphatic rings. The summed E-state index contributed by atoms with van der Waals surface area (Å²) in [5.74, 6) is 1.28. The van der Waals surface area contributed by atoms with Crippen LogP contribution in [0.1, 0.15) is 59.8 Å². The van der Waals surface area contributed by atoms with Crippen LogP contribution < -0.4 is 0 Å². The van der Waals surface area contributed by atoms with Crippen molar-refractivity contribution >= 4 is 5.78 Å². The number of ketones is 1. The molecule has 0 radical (unpaired) electrons. The molecule has 0 spiro atoms. The fraction of sp³-hybridized carbons (Fsp3) is 0.722. The van der Waals surface area contributed by atoms with Crippen molar-refractivity contribution in [3.8, 4) is 0 Å². The third-order valence-corrected chi connectivity index (χ3v) is 5.70. The third-order valence-electron chi connectivity index (χ3n) is 5.70. The lowest BCUT2D eigenvalue weighted by Gasteiger charge is -2.57. The lowest BCUT2D eigenvalue weighted by atomic mass is 9.47. The highest BCUT2D eigenvalue weighted by atomic mass is 16.1. The van der Waals surface area contributed by atoms with Crippen LogP contribution in [0.5, 0.6) is 0 Å². The zero-order valence-electron chi connectivity index (χ0n) is 13.0. The van der Waals surface area contributed by atoms with E-state index in [9.17, 15) is 4.79 Å². The molecular weight excluding hydrogens is 232 g/mol. The van der Waals surface area contributed by atoms with Crippen molar-refractivity contribution in [3.05, 3.63) is 24.3 Å². The largest absolute Gasteiger partial charge is 0.295 e. The topological polar surface area (TPSA) is 17.1 Å². The van der Waals surface area contributed by atoms with Crippen LogP contribution in [0.25, 0.3) is 0 Å². The number of allylic oxidation sites excluding steroid dienone is 3. The van der Waals surface area contributed by atoms with E-state index < -0.39 is 0 Å². The second kappa shape index (κ2) is 4.92. The fourth-order valence-corrected chi connectivity index (χ4v) is 4.80. The number of rotatable bonds is 2. The Morgan fingerprint density at radius 1 is 1.32 bits per heavy atom. The highest BCUT2D eigenvalue weighted by molar-refractivity contribution is 5.87. The zero-order chi connectivity index (χ0) is 14.3. The fourth-order valence-electron chi connectivity index (χ4n) is 4.80. The standard InChI is InChI=1S/C18H28O/c1-13-7-10-16-17(3,4)11-6-12-18(16,5)15(13)9-8-14(2)19/h8-9,15-16H,1,6-7,10-12H2,2-5H3/t15-,16-,18+/m0/s1. The number of carbonyl (C=O) groups excluding carboxylic acids is 1. The van der Waals surface area contributed by atoms with E-state index in [0.717, 1.165) is 12.3 Å². The van der Waals surface area contributed by atoms with Gasteiger partial charge in [-0.1, -0.05) is 45.4 Å². The van der Waals surface area contributed by atoms with Crippen LogP contribution in [0.15, 0.2) is 24.3 Å². The molecule has 106 valence electrons. The van der Waals surface area contributed by atoms with Gasteiger partial charge in [0, 0.05) is 5.92 Å². The Morgan fingerprint density at radius 2 is 2.00 bits per heavy atom. The molecule has 0 N–H and O–H groups in total. The molecule has 0 saturated heterocycles. The first kappa shape index (κ1) is 14.6. The molecule has 19 heavy (non-hydrogen) atoms. The third kappa shape index (κ3) is 2.57. The van der Waals surface area contributed by atoms with Gasteiger partial charge in [0.25, 0.3) is 0 Å². The van der Waals surface area contributed by atoms with E-state index >= 15 is 0 Å². The minimum atomic E-state index is 0.147. The summed E-state index contributed by atoms with van der Waals surface area (Å²) < 4.78 is 0. The van der Waals surface area contributed by atoms with Crippen molar-refractivity contribution < 1.29 is 4.79 Å². The van der Waals surface area contributed by atoms with Gasteiger partial charge in [0.05, 0.1) is 0 Å². The van der Waals surface area contributed by atoms with Crippen molar-refractivity contribution in [1.82, 2.24) is 0 Å². The number of carbonyl (C=O) groups is 1. The lowest BCUT2D eigenvalue weighted by molar-refractivity contribution is -0.112. The van der Waals surface area contributed by atoms with Crippen LogP contribution in [0.2, 0.25) is 0 Å². The molecule has 3 atom stereocenters. The molecule has 2 rings (SSSR count). The van der Waals surface area contributed by atoms with Gasteiger partial charge in [-0.2, -0.15) is 0 Å². The van der Waals surface area contributed by atoms with Crippen LogP contribution >= 0.6 is 0 Å². The van der Waals surface area contributed by atoms with Gasteiger partial charge in [-0.05, 0) is 55.4 Å². The zero-order valence-corrected chi connectivity index (χ0v) is 13.0.